The van der Waals surface area contributed by atoms with Crippen molar-refractivity contribution in [1.29, 1.82) is 0 Å². The van der Waals surface area contributed by atoms with Gasteiger partial charge in [0.25, 0.3) is 0 Å². The van der Waals surface area contributed by atoms with Crippen LogP contribution in [-0.4, -0.2) is 36.6 Å². The third-order valence-electron chi connectivity index (χ3n) is 3.53. The number of rotatable bonds is 10. The van der Waals surface area contributed by atoms with E-state index in [1.807, 2.05) is 0 Å². The first-order valence-corrected chi connectivity index (χ1v) is 7.29. The van der Waals surface area contributed by atoms with Crippen LogP contribution in [0.2, 0.25) is 0 Å². The first-order chi connectivity index (χ1) is 7.83. The summed E-state index contributed by atoms with van der Waals surface area (Å²) in [6.07, 6.45) is 8.09. The highest BCUT2D eigenvalue weighted by molar-refractivity contribution is 4.89. The maximum absolute atomic E-state index is 3.58. The van der Waals surface area contributed by atoms with E-state index in [1.54, 1.807) is 0 Å². The Morgan fingerprint density at radius 3 is 2.44 bits per heavy atom. The van der Waals surface area contributed by atoms with Crippen molar-refractivity contribution < 1.29 is 0 Å². The molecular weight excluding hydrogens is 196 g/mol. The lowest BCUT2D eigenvalue weighted by molar-refractivity contribution is 0.174. The Morgan fingerprint density at radius 2 is 1.94 bits per heavy atom. The van der Waals surface area contributed by atoms with E-state index in [0.717, 1.165) is 12.1 Å². The molecule has 1 unspecified atom stereocenters. The molecule has 1 atom stereocenters. The van der Waals surface area contributed by atoms with Crippen molar-refractivity contribution in [1.82, 2.24) is 10.2 Å². The van der Waals surface area contributed by atoms with Gasteiger partial charge >= 0.3 is 0 Å². The molecule has 2 heteroatoms. The number of hydrogen-bond acceptors (Lipinski definition) is 2. The van der Waals surface area contributed by atoms with E-state index in [-0.39, 0.29) is 0 Å². The summed E-state index contributed by atoms with van der Waals surface area (Å²) in [6.45, 7) is 10.5. The number of unbranched alkanes of at least 4 members (excludes halogenated alkanes) is 1. The Bertz CT molecular complexity index is 166. The fraction of sp³-hybridized carbons (Fsp3) is 1.00. The first kappa shape index (κ1) is 14.0. The molecular formula is C14H30N2. The largest absolute Gasteiger partial charge is 0.315 e. The van der Waals surface area contributed by atoms with Crippen LogP contribution < -0.4 is 5.32 Å². The van der Waals surface area contributed by atoms with Crippen molar-refractivity contribution in [3.63, 3.8) is 0 Å². The van der Waals surface area contributed by atoms with Gasteiger partial charge in [0.2, 0.25) is 0 Å². The van der Waals surface area contributed by atoms with E-state index >= 15 is 0 Å². The summed E-state index contributed by atoms with van der Waals surface area (Å²) in [7, 11) is 0. The molecule has 0 aromatic carbocycles. The monoisotopic (exact) mass is 226 g/mol. The van der Waals surface area contributed by atoms with Crippen LogP contribution in [0.3, 0.4) is 0 Å². The topological polar surface area (TPSA) is 15.3 Å². The van der Waals surface area contributed by atoms with E-state index in [1.165, 1.54) is 58.2 Å². The van der Waals surface area contributed by atoms with Crippen molar-refractivity contribution in [3.05, 3.63) is 0 Å². The van der Waals surface area contributed by atoms with Gasteiger partial charge in [-0.2, -0.15) is 0 Å². The molecule has 1 saturated carbocycles. The summed E-state index contributed by atoms with van der Waals surface area (Å²) in [5, 5.41) is 3.58. The Kier molecular flexibility index (Phi) is 7.06. The van der Waals surface area contributed by atoms with Gasteiger partial charge in [0.05, 0.1) is 0 Å². The normalized spacial score (nSPS) is 18.0. The highest BCUT2D eigenvalue weighted by Crippen LogP contribution is 2.29. The van der Waals surface area contributed by atoms with Gasteiger partial charge in [-0.3, -0.25) is 4.90 Å². The summed E-state index contributed by atoms with van der Waals surface area (Å²) in [4.78, 5) is 2.77. The Hall–Kier alpha value is -0.0800. The molecule has 1 aliphatic rings. The molecule has 0 spiro atoms. The zero-order chi connectivity index (χ0) is 11.8. The molecule has 0 aromatic rings. The fourth-order valence-electron chi connectivity index (χ4n) is 2.35. The van der Waals surface area contributed by atoms with E-state index in [0.29, 0.717) is 0 Å². The lowest BCUT2D eigenvalue weighted by Crippen LogP contribution is -2.44. The highest BCUT2D eigenvalue weighted by Gasteiger charge is 2.32. The van der Waals surface area contributed by atoms with Gasteiger partial charge in [0, 0.05) is 18.6 Å². The summed E-state index contributed by atoms with van der Waals surface area (Å²) < 4.78 is 0. The SMILES string of the molecule is CCCCN(C1CC1)C(CC)CNCCC. The average molecular weight is 226 g/mol. The van der Waals surface area contributed by atoms with Crippen LogP contribution in [0.4, 0.5) is 0 Å². The van der Waals surface area contributed by atoms with Gasteiger partial charge in [0.1, 0.15) is 0 Å². The molecule has 96 valence electrons. The first-order valence-electron chi connectivity index (χ1n) is 7.29. The molecule has 0 radical (unpaired) electrons. The molecule has 0 bridgehead atoms. The average Bonchev–Trinajstić information content (AvgIpc) is 3.11. The zero-order valence-corrected chi connectivity index (χ0v) is 11.5. The summed E-state index contributed by atoms with van der Waals surface area (Å²) in [6, 6.07) is 1.69. The standard InChI is InChI=1S/C14H30N2/c1-4-7-11-16(14-8-9-14)13(6-3)12-15-10-5-2/h13-15H,4-12H2,1-3H3. The van der Waals surface area contributed by atoms with Gasteiger partial charge in [-0.05, 0) is 45.2 Å². The minimum Gasteiger partial charge on any atom is -0.315 e. The predicted octanol–water partition coefficient (Wildman–Crippen LogP) is 3.03. The van der Waals surface area contributed by atoms with Crippen molar-refractivity contribution in [2.24, 2.45) is 0 Å². The van der Waals surface area contributed by atoms with Crippen LogP contribution in [0, 0.1) is 0 Å². The number of hydrogen-bond donors (Lipinski definition) is 1. The molecule has 0 aromatic heterocycles. The summed E-state index contributed by atoms with van der Waals surface area (Å²) in [5.74, 6) is 0. The van der Waals surface area contributed by atoms with E-state index in [9.17, 15) is 0 Å². The summed E-state index contributed by atoms with van der Waals surface area (Å²) >= 11 is 0. The second kappa shape index (κ2) is 8.08. The van der Waals surface area contributed by atoms with Gasteiger partial charge in [-0.25, -0.2) is 0 Å². The van der Waals surface area contributed by atoms with Crippen LogP contribution in [0.1, 0.15) is 59.3 Å². The lowest BCUT2D eigenvalue weighted by Gasteiger charge is -2.31. The van der Waals surface area contributed by atoms with Gasteiger partial charge < -0.3 is 5.32 Å². The highest BCUT2D eigenvalue weighted by atomic mass is 15.2. The van der Waals surface area contributed by atoms with Crippen molar-refractivity contribution in [2.45, 2.75) is 71.4 Å². The molecule has 1 N–H and O–H groups in total. The minimum absolute atomic E-state index is 0.769. The Labute approximate surface area is 102 Å². The van der Waals surface area contributed by atoms with Crippen LogP contribution >= 0.6 is 0 Å². The maximum atomic E-state index is 3.58. The van der Waals surface area contributed by atoms with Crippen molar-refractivity contribution >= 4 is 0 Å². The van der Waals surface area contributed by atoms with Gasteiger partial charge in [-0.1, -0.05) is 27.2 Å². The quantitative estimate of drug-likeness (QED) is 0.576. The lowest BCUT2D eigenvalue weighted by atomic mass is 10.1. The van der Waals surface area contributed by atoms with Crippen LogP contribution in [0.25, 0.3) is 0 Å². The van der Waals surface area contributed by atoms with Crippen molar-refractivity contribution in [3.8, 4) is 0 Å². The minimum atomic E-state index is 0.769. The molecule has 0 saturated heterocycles. The smallest absolute Gasteiger partial charge is 0.0220 e. The molecule has 1 rings (SSSR count). The van der Waals surface area contributed by atoms with Gasteiger partial charge in [0.15, 0.2) is 0 Å². The fourth-order valence-corrected chi connectivity index (χ4v) is 2.35. The Balaban J connectivity index is 2.32. The molecule has 2 nitrogen and oxygen atoms in total. The van der Waals surface area contributed by atoms with E-state index in [2.05, 4.69) is 31.0 Å². The molecule has 1 fully saturated rings. The molecule has 0 heterocycles. The van der Waals surface area contributed by atoms with Crippen LogP contribution in [-0.2, 0) is 0 Å². The maximum Gasteiger partial charge on any atom is 0.0220 e. The Morgan fingerprint density at radius 1 is 1.19 bits per heavy atom. The molecule has 0 aliphatic heterocycles. The van der Waals surface area contributed by atoms with E-state index < -0.39 is 0 Å². The van der Waals surface area contributed by atoms with Crippen molar-refractivity contribution in [2.75, 3.05) is 19.6 Å². The molecule has 1 aliphatic carbocycles. The second-order valence-electron chi connectivity index (χ2n) is 5.09. The second-order valence-corrected chi connectivity index (χ2v) is 5.09. The van der Waals surface area contributed by atoms with E-state index in [4.69, 9.17) is 0 Å². The molecule has 0 amide bonds. The van der Waals surface area contributed by atoms with Crippen LogP contribution in [0.15, 0.2) is 0 Å². The number of nitrogens with zero attached hydrogens (tertiary/aromatic N) is 1. The summed E-state index contributed by atoms with van der Waals surface area (Å²) in [5.41, 5.74) is 0. The third-order valence-corrected chi connectivity index (χ3v) is 3.53. The number of nitrogens with one attached hydrogen (secondary N) is 1. The zero-order valence-electron chi connectivity index (χ0n) is 11.5. The predicted molar refractivity (Wildman–Crippen MR) is 71.9 cm³/mol. The third kappa shape index (κ3) is 4.84. The van der Waals surface area contributed by atoms with Gasteiger partial charge in [-0.15, -0.1) is 0 Å². The molecule has 16 heavy (non-hydrogen) atoms. The van der Waals surface area contributed by atoms with Crippen LogP contribution in [0.5, 0.6) is 0 Å².